The molecule has 1 aromatic carbocycles. The van der Waals surface area contributed by atoms with Crippen molar-refractivity contribution in [1.82, 2.24) is 0 Å². The summed E-state index contributed by atoms with van der Waals surface area (Å²) in [6, 6.07) is 0.834. The fourth-order valence-electron chi connectivity index (χ4n) is 2.11. The number of nitrogens with two attached hydrogens (primary N) is 1. The van der Waals surface area contributed by atoms with Crippen LogP contribution in [0.5, 0.6) is 11.5 Å². The first-order valence-corrected chi connectivity index (χ1v) is 6.09. The van der Waals surface area contributed by atoms with E-state index in [1.165, 1.54) is 4.90 Å². The quantitative estimate of drug-likeness (QED) is 0.494. The molecule has 1 aromatic rings. The van der Waals surface area contributed by atoms with Crippen LogP contribution in [0.15, 0.2) is 6.07 Å². The van der Waals surface area contributed by atoms with Crippen molar-refractivity contribution < 1.29 is 32.7 Å². The number of phenols is 1. The van der Waals surface area contributed by atoms with E-state index in [-0.39, 0.29) is 18.8 Å². The van der Waals surface area contributed by atoms with Gasteiger partial charge in [0, 0.05) is 19.2 Å². The molecular formula is C11H12F3N3O5. The molecule has 0 aliphatic carbocycles. The van der Waals surface area contributed by atoms with Crippen LogP contribution in [0.3, 0.4) is 0 Å². The summed E-state index contributed by atoms with van der Waals surface area (Å²) < 4.78 is 45.6. The molecule has 0 atom stereocenters. The van der Waals surface area contributed by atoms with Gasteiger partial charge in [-0.15, -0.1) is 13.2 Å². The van der Waals surface area contributed by atoms with Crippen molar-refractivity contribution in [3.63, 3.8) is 0 Å². The third-order valence-electron chi connectivity index (χ3n) is 3.00. The normalized spacial score (nSPS) is 15.7. The SMILES string of the molecule is Nc1c(OC(F)(F)F)c(O)cc(N2CCOCC2)c1[N+](=O)[O-]. The van der Waals surface area contributed by atoms with Crippen LogP contribution in [0.25, 0.3) is 0 Å². The molecule has 2 rings (SSSR count). The Morgan fingerprint density at radius 1 is 1.41 bits per heavy atom. The van der Waals surface area contributed by atoms with E-state index in [4.69, 9.17) is 10.5 Å². The molecule has 0 aromatic heterocycles. The van der Waals surface area contributed by atoms with E-state index in [1.54, 1.807) is 0 Å². The summed E-state index contributed by atoms with van der Waals surface area (Å²) in [6.45, 7) is 1.13. The molecule has 1 aliphatic rings. The molecule has 1 fully saturated rings. The molecule has 0 bridgehead atoms. The lowest BCUT2D eigenvalue weighted by Crippen LogP contribution is -2.36. The number of aromatic hydroxyl groups is 1. The molecule has 3 N–H and O–H groups in total. The predicted molar refractivity (Wildman–Crippen MR) is 68.9 cm³/mol. The van der Waals surface area contributed by atoms with Gasteiger partial charge in [-0.2, -0.15) is 0 Å². The summed E-state index contributed by atoms with van der Waals surface area (Å²) in [6.07, 6.45) is -5.14. The van der Waals surface area contributed by atoms with Crippen LogP contribution in [-0.4, -0.2) is 42.7 Å². The Morgan fingerprint density at radius 3 is 2.50 bits per heavy atom. The van der Waals surface area contributed by atoms with E-state index in [9.17, 15) is 28.4 Å². The molecule has 1 heterocycles. The minimum Gasteiger partial charge on any atom is -0.504 e. The predicted octanol–water partition coefficient (Wildman–Crippen LogP) is 1.62. The van der Waals surface area contributed by atoms with Crippen LogP contribution in [0.4, 0.5) is 30.2 Å². The van der Waals surface area contributed by atoms with Crippen LogP contribution in [0, 0.1) is 10.1 Å². The highest BCUT2D eigenvalue weighted by atomic mass is 19.4. The van der Waals surface area contributed by atoms with Gasteiger partial charge in [0.2, 0.25) is 5.75 Å². The summed E-state index contributed by atoms with van der Waals surface area (Å²) >= 11 is 0. The second-order valence-corrected chi connectivity index (χ2v) is 4.41. The first kappa shape index (κ1) is 15.9. The number of alkyl halides is 3. The molecule has 0 saturated carbocycles. The number of phenolic OH excluding ortho intramolecular Hbond substituents is 1. The molecule has 1 aliphatic heterocycles. The lowest BCUT2D eigenvalue weighted by molar-refractivity contribution is -0.383. The second kappa shape index (κ2) is 5.75. The number of benzene rings is 1. The number of ether oxygens (including phenoxy) is 2. The highest BCUT2D eigenvalue weighted by Crippen LogP contribution is 2.47. The van der Waals surface area contributed by atoms with Gasteiger partial charge in [0.15, 0.2) is 11.4 Å². The lowest BCUT2D eigenvalue weighted by atomic mass is 10.1. The van der Waals surface area contributed by atoms with Crippen LogP contribution >= 0.6 is 0 Å². The average Bonchev–Trinajstić information content (AvgIpc) is 2.42. The Kier molecular flexibility index (Phi) is 4.17. The van der Waals surface area contributed by atoms with Gasteiger partial charge in [0.1, 0.15) is 5.69 Å². The minimum absolute atomic E-state index is 0.0853. The van der Waals surface area contributed by atoms with E-state index in [2.05, 4.69) is 4.74 Å². The van der Waals surface area contributed by atoms with E-state index < -0.39 is 34.2 Å². The zero-order chi connectivity index (χ0) is 16.5. The van der Waals surface area contributed by atoms with E-state index in [1.807, 2.05) is 0 Å². The fraction of sp³-hybridized carbons (Fsp3) is 0.455. The number of nitro groups is 1. The Labute approximate surface area is 122 Å². The summed E-state index contributed by atoms with van der Waals surface area (Å²) in [5, 5.41) is 20.9. The van der Waals surface area contributed by atoms with Gasteiger partial charge < -0.3 is 25.2 Å². The second-order valence-electron chi connectivity index (χ2n) is 4.41. The standard InChI is InChI=1S/C11H12F3N3O5/c12-11(13,14)22-10-7(18)5-6(9(8(10)15)17(19)20)16-1-3-21-4-2-16/h5,18H,1-4,15H2. The van der Waals surface area contributed by atoms with Crippen molar-refractivity contribution in [2.45, 2.75) is 6.36 Å². The maximum Gasteiger partial charge on any atom is 0.573 e. The number of nitrogens with zero attached hydrogens (tertiary/aromatic N) is 2. The molecule has 0 radical (unpaired) electrons. The van der Waals surface area contributed by atoms with Crippen LogP contribution < -0.4 is 15.4 Å². The third kappa shape index (κ3) is 3.24. The van der Waals surface area contributed by atoms with Crippen LogP contribution in [0.2, 0.25) is 0 Å². The topological polar surface area (TPSA) is 111 Å². The molecule has 122 valence electrons. The smallest absolute Gasteiger partial charge is 0.504 e. The number of halogens is 3. The average molecular weight is 323 g/mol. The summed E-state index contributed by atoms with van der Waals surface area (Å²) in [7, 11) is 0. The molecule has 0 unspecified atom stereocenters. The van der Waals surface area contributed by atoms with Crippen molar-refractivity contribution in [3.8, 4) is 11.5 Å². The summed E-state index contributed by atoms with van der Waals surface area (Å²) in [5.41, 5.74) is 3.69. The van der Waals surface area contributed by atoms with Crippen molar-refractivity contribution in [2.75, 3.05) is 36.9 Å². The lowest BCUT2D eigenvalue weighted by Gasteiger charge is -2.29. The molecule has 1 saturated heterocycles. The molecule has 0 amide bonds. The first-order chi connectivity index (χ1) is 10.2. The van der Waals surface area contributed by atoms with Gasteiger partial charge in [-0.25, -0.2) is 0 Å². The molecule has 8 nitrogen and oxygen atoms in total. The van der Waals surface area contributed by atoms with Gasteiger partial charge in [0.25, 0.3) is 0 Å². The Bertz CT molecular complexity index is 587. The summed E-state index contributed by atoms with van der Waals surface area (Å²) in [5.74, 6) is -2.11. The van der Waals surface area contributed by atoms with E-state index in [0.29, 0.717) is 13.2 Å². The van der Waals surface area contributed by atoms with Crippen molar-refractivity contribution in [3.05, 3.63) is 16.2 Å². The van der Waals surface area contributed by atoms with E-state index >= 15 is 0 Å². The number of morpholine rings is 1. The van der Waals surface area contributed by atoms with E-state index in [0.717, 1.165) is 6.07 Å². The highest BCUT2D eigenvalue weighted by Gasteiger charge is 2.37. The zero-order valence-corrected chi connectivity index (χ0v) is 11.1. The molecular weight excluding hydrogens is 311 g/mol. The monoisotopic (exact) mass is 323 g/mol. The van der Waals surface area contributed by atoms with Crippen LogP contribution in [-0.2, 0) is 4.74 Å². The van der Waals surface area contributed by atoms with Crippen molar-refractivity contribution in [1.29, 1.82) is 0 Å². The van der Waals surface area contributed by atoms with Gasteiger partial charge in [0.05, 0.1) is 18.1 Å². The minimum atomic E-state index is -5.14. The van der Waals surface area contributed by atoms with Crippen molar-refractivity contribution >= 4 is 17.1 Å². The number of hydrogen-bond donors (Lipinski definition) is 2. The highest BCUT2D eigenvalue weighted by molar-refractivity contribution is 5.83. The fourth-order valence-corrected chi connectivity index (χ4v) is 2.11. The maximum absolute atomic E-state index is 12.3. The molecule has 0 spiro atoms. The largest absolute Gasteiger partial charge is 0.573 e. The number of nitrogen functional groups attached to an aromatic ring is 1. The number of rotatable bonds is 3. The Balaban J connectivity index is 2.53. The first-order valence-electron chi connectivity index (χ1n) is 6.09. The number of anilines is 2. The number of hydrogen-bond acceptors (Lipinski definition) is 7. The summed E-state index contributed by atoms with van der Waals surface area (Å²) in [4.78, 5) is 11.7. The zero-order valence-electron chi connectivity index (χ0n) is 11.1. The third-order valence-corrected chi connectivity index (χ3v) is 3.00. The Morgan fingerprint density at radius 2 is 2.00 bits per heavy atom. The van der Waals surface area contributed by atoms with Gasteiger partial charge in [-0.05, 0) is 0 Å². The van der Waals surface area contributed by atoms with Gasteiger partial charge in [-0.1, -0.05) is 0 Å². The van der Waals surface area contributed by atoms with Crippen LogP contribution in [0.1, 0.15) is 0 Å². The number of nitro benzene ring substituents is 1. The van der Waals surface area contributed by atoms with Gasteiger partial charge >= 0.3 is 12.0 Å². The molecule has 11 heteroatoms. The molecule has 22 heavy (non-hydrogen) atoms. The van der Waals surface area contributed by atoms with Gasteiger partial charge in [-0.3, -0.25) is 10.1 Å². The van der Waals surface area contributed by atoms with Crippen molar-refractivity contribution in [2.24, 2.45) is 0 Å². The maximum atomic E-state index is 12.3. The Hall–Kier alpha value is -2.43.